The van der Waals surface area contributed by atoms with E-state index in [2.05, 4.69) is 0 Å². The minimum Gasteiger partial charge on any atom is -0.457 e. The van der Waals surface area contributed by atoms with Gasteiger partial charge in [-0.1, -0.05) is 42.5 Å². The van der Waals surface area contributed by atoms with E-state index < -0.39 is 11.9 Å². The number of ether oxygens (including phenoxy) is 1. The summed E-state index contributed by atoms with van der Waals surface area (Å²) in [7, 11) is 0. The molecule has 3 aromatic carbocycles. The Balaban J connectivity index is 1.65. The normalized spacial score (nSPS) is 15.3. The molecule has 0 saturated carbocycles. The van der Waals surface area contributed by atoms with Gasteiger partial charge in [0.25, 0.3) is 5.91 Å². The third-order valence-corrected chi connectivity index (χ3v) is 5.37. The number of amides is 1. The van der Waals surface area contributed by atoms with Gasteiger partial charge in [-0.05, 0) is 42.0 Å². The van der Waals surface area contributed by atoms with Crippen molar-refractivity contribution >= 4 is 16.9 Å². The second-order valence-corrected chi connectivity index (χ2v) is 7.28. The lowest BCUT2D eigenvalue weighted by molar-refractivity contribution is 0.0691. The lowest BCUT2D eigenvalue weighted by atomic mass is 9.98. The fraction of sp³-hybridized carbons (Fsp3) is 0.120. The summed E-state index contributed by atoms with van der Waals surface area (Å²) in [6.45, 7) is -0.155. The summed E-state index contributed by atoms with van der Waals surface area (Å²) in [6, 6.07) is 22.8. The predicted octanol–water partition coefficient (Wildman–Crippen LogP) is 4.12. The molecule has 5 rings (SSSR count). The third-order valence-electron chi connectivity index (χ3n) is 5.37. The molecule has 1 aliphatic heterocycles. The number of rotatable bonds is 5. The second-order valence-electron chi connectivity index (χ2n) is 7.28. The van der Waals surface area contributed by atoms with Crippen molar-refractivity contribution in [1.82, 2.24) is 4.90 Å². The van der Waals surface area contributed by atoms with Crippen LogP contribution in [0.1, 0.15) is 27.7 Å². The van der Waals surface area contributed by atoms with E-state index in [9.17, 15) is 14.7 Å². The van der Waals surface area contributed by atoms with Gasteiger partial charge in [0.2, 0.25) is 5.76 Å². The van der Waals surface area contributed by atoms with Gasteiger partial charge in [0.1, 0.15) is 17.1 Å². The molecule has 154 valence electrons. The summed E-state index contributed by atoms with van der Waals surface area (Å²) in [6.07, 6.45) is 0. The number of carbonyl (C=O) groups is 1. The molecule has 1 aromatic heterocycles. The number of hydrogen-bond acceptors (Lipinski definition) is 5. The van der Waals surface area contributed by atoms with Crippen molar-refractivity contribution in [2.75, 3.05) is 13.2 Å². The summed E-state index contributed by atoms with van der Waals surface area (Å²) < 4.78 is 11.8. The molecule has 6 nitrogen and oxygen atoms in total. The number of aliphatic hydroxyl groups is 1. The summed E-state index contributed by atoms with van der Waals surface area (Å²) in [5.41, 5.74) is 1.11. The fourth-order valence-electron chi connectivity index (χ4n) is 4.02. The predicted molar refractivity (Wildman–Crippen MR) is 115 cm³/mol. The van der Waals surface area contributed by atoms with E-state index >= 15 is 0 Å². The maximum Gasteiger partial charge on any atom is 0.290 e. The van der Waals surface area contributed by atoms with Crippen LogP contribution in [0.2, 0.25) is 0 Å². The van der Waals surface area contributed by atoms with E-state index in [1.807, 2.05) is 48.5 Å². The Morgan fingerprint density at radius 1 is 0.903 bits per heavy atom. The van der Waals surface area contributed by atoms with Crippen molar-refractivity contribution in [3.63, 3.8) is 0 Å². The van der Waals surface area contributed by atoms with Crippen LogP contribution in [0.15, 0.2) is 88.1 Å². The molecule has 1 aliphatic rings. The highest BCUT2D eigenvalue weighted by Gasteiger charge is 2.42. The third kappa shape index (κ3) is 3.27. The first-order valence-corrected chi connectivity index (χ1v) is 9.98. The van der Waals surface area contributed by atoms with E-state index in [4.69, 9.17) is 9.15 Å². The van der Waals surface area contributed by atoms with Crippen molar-refractivity contribution in [1.29, 1.82) is 0 Å². The molecule has 0 saturated heterocycles. The van der Waals surface area contributed by atoms with Crippen molar-refractivity contribution < 1.29 is 19.1 Å². The molecule has 1 unspecified atom stereocenters. The molecule has 0 radical (unpaired) electrons. The van der Waals surface area contributed by atoms with Crippen LogP contribution in [-0.4, -0.2) is 29.1 Å². The highest BCUT2D eigenvalue weighted by atomic mass is 16.5. The molecule has 0 fully saturated rings. The van der Waals surface area contributed by atoms with Crippen LogP contribution >= 0.6 is 0 Å². The average molecular weight is 413 g/mol. The van der Waals surface area contributed by atoms with Crippen molar-refractivity contribution in [2.45, 2.75) is 6.04 Å². The Hall–Kier alpha value is -3.90. The summed E-state index contributed by atoms with van der Waals surface area (Å²) in [5.74, 6) is 0.877. The Morgan fingerprint density at radius 2 is 1.65 bits per heavy atom. The largest absolute Gasteiger partial charge is 0.457 e. The molecule has 31 heavy (non-hydrogen) atoms. The van der Waals surface area contributed by atoms with E-state index in [0.717, 1.165) is 0 Å². The maximum atomic E-state index is 13.3. The first-order valence-electron chi connectivity index (χ1n) is 9.98. The molecule has 1 N–H and O–H groups in total. The molecule has 6 heteroatoms. The molecule has 1 amide bonds. The van der Waals surface area contributed by atoms with Gasteiger partial charge in [-0.3, -0.25) is 9.59 Å². The zero-order chi connectivity index (χ0) is 21.4. The maximum absolute atomic E-state index is 13.3. The summed E-state index contributed by atoms with van der Waals surface area (Å²) in [4.78, 5) is 27.9. The van der Waals surface area contributed by atoms with Gasteiger partial charge in [-0.15, -0.1) is 0 Å². The number of fused-ring (bicyclic) bond motifs is 2. The molecule has 0 bridgehead atoms. The van der Waals surface area contributed by atoms with E-state index in [0.29, 0.717) is 28.0 Å². The van der Waals surface area contributed by atoms with Crippen molar-refractivity contribution in [2.24, 2.45) is 0 Å². The first-order chi connectivity index (χ1) is 15.2. The number of carbonyl (C=O) groups excluding carboxylic acids is 1. The Bertz CT molecular complexity index is 1330. The van der Waals surface area contributed by atoms with Crippen LogP contribution < -0.4 is 10.2 Å². The van der Waals surface area contributed by atoms with Crippen LogP contribution in [0, 0.1) is 0 Å². The zero-order valence-corrected chi connectivity index (χ0v) is 16.5. The van der Waals surface area contributed by atoms with Crippen LogP contribution in [0.5, 0.6) is 11.5 Å². The van der Waals surface area contributed by atoms with Crippen LogP contribution in [0.4, 0.5) is 0 Å². The number of benzene rings is 3. The zero-order valence-electron chi connectivity index (χ0n) is 16.5. The Labute approximate surface area is 177 Å². The van der Waals surface area contributed by atoms with Gasteiger partial charge in [-0.2, -0.15) is 0 Å². The smallest absolute Gasteiger partial charge is 0.290 e. The average Bonchev–Trinajstić information content (AvgIpc) is 3.07. The lowest BCUT2D eigenvalue weighted by Gasteiger charge is -2.24. The minimum absolute atomic E-state index is 0.0246. The number of hydrogen-bond donors (Lipinski definition) is 1. The molecule has 0 aliphatic carbocycles. The minimum atomic E-state index is -0.671. The summed E-state index contributed by atoms with van der Waals surface area (Å²) >= 11 is 0. The molecular weight excluding hydrogens is 394 g/mol. The van der Waals surface area contributed by atoms with Gasteiger partial charge in [-0.25, -0.2) is 0 Å². The Kier molecular flexibility index (Phi) is 4.76. The first kappa shape index (κ1) is 19.1. The lowest BCUT2D eigenvalue weighted by Crippen LogP contribution is -2.32. The Morgan fingerprint density at radius 3 is 2.45 bits per heavy atom. The van der Waals surface area contributed by atoms with Crippen LogP contribution in [0.3, 0.4) is 0 Å². The number of nitrogens with zero attached hydrogens (tertiary/aromatic N) is 1. The fourth-order valence-corrected chi connectivity index (χ4v) is 4.02. The van der Waals surface area contributed by atoms with Gasteiger partial charge in [0.05, 0.1) is 23.6 Å². The highest BCUT2D eigenvalue weighted by molar-refractivity contribution is 5.99. The van der Waals surface area contributed by atoms with Gasteiger partial charge >= 0.3 is 0 Å². The standard InChI is InChI=1S/C25H19NO5/c27-14-13-26-22(16-7-6-10-18(15-16)30-17-8-2-1-3-9-17)21-23(28)19-11-4-5-12-20(19)31-24(21)25(26)29/h1-12,15,22,27H,13-14H2. The SMILES string of the molecule is O=C1c2oc3ccccc3c(=O)c2C(c2cccc(Oc3ccccc3)c2)N1CCO. The number of aliphatic hydroxyl groups excluding tert-OH is 1. The van der Waals surface area contributed by atoms with Crippen molar-refractivity contribution in [3.8, 4) is 11.5 Å². The molecule has 1 atom stereocenters. The number of para-hydroxylation sites is 2. The van der Waals surface area contributed by atoms with E-state index in [-0.39, 0.29) is 29.9 Å². The van der Waals surface area contributed by atoms with Gasteiger partial charge < -0.3 is 19.2 Å². The van der Waals surface area contributed by atoms with Gasteiger partial charge in [0.15, 0.2) is 5.43 Å². The van der Waals surface area contributed by atoms with Crippen LogP contribution in [-0.2, 0) is 0 Å². The second kappa shape index (κ2) is 7.74. The van der Waals surface area contributed by atoms with Crippen molar-refractivity contribution in [3.05, 3.63) is 106 Å². The monoisotopic (exact) mass is 413 g/mol. The molecular formula is C25H19NO5. The highest BCUT2D eigenvalue weighted by Crippen LogP contribution is 2.39. The van der Waals surface area contributed by atoms with Gasteiger partial charge in [0, 0.05) is 6.54 Å². The van der Waals surface area contributed by atoms with Crippen LogP contribution in [0.25, 0.3) is 11.0 Å². The van der Waals surface area contributed by atoms with E-state index in [1.54, 1.807) is 30.3 Å². The molecule has 0 spiro atoms. The topological polar surface area (TPSA) is 80.0 Å². The molecule has 2 heterocycles. The quantitative estimate of drug-likeness (QED) is 0.532. The molecule has 4 aromatic rings. The number of β-amino-alcohol motifs (C(OH)–C–C–N with tert-alkyl or cyclic N) is 1. The van der Waals surface area contributed by atoms with E-state index in [1.165, 1.54) is 4.90 Å². The summed E-state index contributed by atoms with van der Waals surface area (Å²) in [5, 5.41) is 9.99.